The lowest BCUT2D eigenvalue weighted by Gasteiger charge is -2.29. The second-order valence-corrected chi connectivity index (χ2v) is 5.65. The number of carboxylic acids is 1. The fraction of sp³-hybridized carbons (Fsp3) is 0.545. The van der Waals surface area contributed by atoms with Crippen LogP contribution in [0.2, 0.25) is 0 Å². The van der Waals surface area contributed by atoms with Crippen molar-refractivity contribution in [2.24, 2.45) is 0 Å². The van der Waals surface area contributed by atoms with Gasteiger partial charge in [0.2, 0.25) is 0 Å². The first-order chi connectivity index (χ1) is 9.51. The van der Waals surface area contributed by atoms with Gasteiger partial charge < -0.3 is 15.3 Å². The number of carboxylic acid groups (broad SMARTS) is 1. The van der Waals surface area contributed by atoms with Gasteiger partial charge in [-0.25, -0.2) is 9.78 Å². The van der Waals surface area contributed by atoms with Gasteiger partial charge in [0.1, 0.15) is 18.1 Å². The second-order valence-electron chi connectivity index (χ2n) is 4.76. The van der Waals surface area contributed by atoms with Gasteiger partial charge >= 0.3 is 18.2 Å². The number of carbonyl (C=O) groups is 2. The molecular formula is C11H14F3N3O3S. The number of halogens is 3. The number of urea groups is 1. The summed E-state index contributed by atoms with van der Waals surface area (Å²) in [6, 6.07) is -1.12. The molecule has 0 saturated heterocycles. The van der Waals surface area contributed by atoms with Crippen LogP contribution in [0.15, 0.2) is 11.6 Å². The molecule has 0 atom stereocenters. The summed E-state index contributed by atoms with van der Waals surface area (Å²) in [5.74, 6) is -1.53. The number of nitrogens with one attached hydrogen (secondary N) is 1. The predicted molar refractivity (Wildman–Crippen MR) is 68.9 cm³/mol. The number of amides is 2. The molecule has 0 bridgehead atoms. The van der Waals surface area contributed by atoms with E-state index in [4.69, 9.17) is 5.11 Å². The zero-order valence-electron chi connectivity index (χ0n) is 11.3. The summed E-state index contributed by atoms with van der Waals surface area (Å²) >= 11 is 1.23. The fourth-order valence-electron chi connectivity index (χ4n) is 1.51. The number of hydrogen-bond donors (Lipinski definition) is 2. The van der Waals surface area contributed by atoms with Crippen LogP contribution in [0.25, 0.3) is 0 Å². The lowest BCUT2D eigenvalue weighted by atomic mass is 10.1. The maximum absolute atomic E-state index is 12.4. The second kappa shape index (κ2) is 6.29. The van der Waals surface area contributed by atoms with Crippen LogP contribution in [0.3, 0.4) is 0 Å². The van der Waals surface area contributed by atoms with Crippen molar-refractivity contribution in [1.29, 1.82) is 0 Å². The van der Waals surface area contributed by atoms with E-state index in [1.165, 1.54) is 17.5 Å². The molecule has 10 heteroatoms. The molecule has 0 fully saturated rings. The molecule has 1 aromatic rings. The first-order valence-corrected chi connectivity index (χ1v) is 6.65. The number of aliphatic carboxylic acids is 1. The summed E-state index contributed by atoms with van der Waals surface area (Å²) in [6.45, 7) is 0.449. The van der Waals surface area contributed by atoms with Crippen molar-refractivity contribution < 1.29 is 27.9 Å². The van der Waals surface area contributed by atoms with Crippen molar-refractivity contribution in [3.05, 3.63) is 16.6 Å². The first kappa shape index (κ1) is 17.2. The predicted octanol–water partition coefficient (Wildman–Crippen LogP) is 2.04. The van der Waals surface area contributed by atoms with Gasteiger partial charge in [-0.3, -0.25) is 4.79 Å². The van der Waals surface area contributed by atoms with Crippen LogP contribution in [0.1, 0.15) is 18.9 Å². The molecule has 0 spiro atoms. The minimum atomic E-state index is -4.68. The van der Waals surface area contributed by atoms with Gasteiger partial charge in [0.05, 0.1) is 5.54 Å². The van der Waals surface area contributed by atoms with E-state index < -0.39 is 36.8 Å². The van der Waals surface area contributed by atoms with Crippen molar-refractivity contribution in [2.45, 2.75) is 25.6 Å². The van der Waals surface area contributed by atoms with Crippen molar-refractivity contribution in [2.75, 3.05) is 13.1 Å². The number of hydrogen-bond acceptors (Lipinski definition) is 4. The third-order valence-electron chi connectivity index (χ3n) is 2.37. The van der Waals surface area contributed by atoms with Crippen molar-refractivity contribution in [1.82, 2.24) is 15.2 Å². The molecule has 2 amide bonds. The third-order valence-corrected chi connectivity index (χ3v) is 3.47. The minimum absolute atomic E-state index is 0.192. The summed E-state index contributed by atoms with van der Waals surface area (Å²) in [5, 5.41) is 13.1. The largest absolute Gasteiger partial charge is 0.480 e. The average molecular weight is 325 g/mol. The Bertz CT molecular complexity index is 503. The zero-order chi connectivity index (χ0) is 16.3. The molecule has 0 aliphatic carbocycles. The number of aromatic nitrogens is 1. The van der Waals surface area contributed by atoms with E-state index in [-0.39, 0.29) is 4.90 Å². The van der Waals surface area contributed by atoms with Crippen LogP contribution in [0.4, 0.5) is 18.0 Å². The summed E-state index contributed by atoms with van der Waals surface area (Å²) in [4.78, 5) is 26.7. The number of alkyl halides is 3. The summed E-state index contributed by atoms with van der Waals surface area (Å²) in [6.07, 6.45) is -3.18. The molecule has 21 heavy (non-hydrogen) atoms. The highest BCUT2D eigenvalue weighted by Crippen LogP contribution is 2.23. The highest BCUT2D eigenvalue weighted by atomic mass is 32.1. The zero-order valence-corrected chi connectivity index (χ0v) is 12.1. The van der Waals surface area contributed by atoms with Crippen LogP contribution < -0.4 is 5.32 Å². The number of rotatable bonds is 5. The molecule has 0 radical (unpaired) electrons. The Labute approximate surface area is 122 Å². The Kier molecular flexibility index (Phi) is 5.15. The van der Waals surface area contributed by atoms with Crippen LogP contribution in [-0.2, 0) is 10.3 Å². The maximum atomic E-state index is 12.4. The molecule has 0 saturated carbocycles. The molecular weight excluding hydrogens is 311 g/mol. The lowest BCUT2D eigenvalue weighted by Crippen LogP contribution is -2.52. The third kappa shape index (κ3) is 5.58. The average Bonchev–Trinajstić information content (AvgIpc) is 2.78. The van der Waals surface area contributed by atoms with Crippen LogP contribution >= 0.6 is 11.3 Å². The van der Waals surface area contributed by atoms with E-state index in [1.54, 1.807) is 19.2 Å². The van der Waals surface area contributed by atoms with Gasteiger partial charge in [-0.05, 0) is 13.8 Å². The van der Waals surface area contributed by atoms with Gasteiger partial charge in [0, 0.05) is 11.6 Å². The standard InChI is InChI=1S/C11H14F3N3O3S/c1-10(2,8-15-3-4-21-8)16-9(20)17(5-7(18)19)6-11(12,13)14/h3-4H,5-6H2,1-2H3,(H,16,20)(H,18,19). The quantitative estimate of drug-likeness (QED) is 0.868. The Morgan fingerprint density at radius 3 is 2.48 bits per heavy atom. The lowest BCUT2D eigenvalue weighted by molar-refractivity contribution is -0.149. The van der Waals surface area contributed by atoms with Gasteiger partial charge in [0.25, 0.3) is 0 Å². The monoisotopic (exact) mass is 325 g/mol. The molecule has 118 valence electrons. The fourth-order valence-corrected chi connectivity index (χ4v) is 2.23. The van der Waals surface area contributed by atoms with Crippen molar-refractivity contribution in [3.8, 4) is 0 Å². The molecule has 0 aliphatic rings. The van der Waals surface area contributed by atoms with Gasteiger partial charge in [-0.2, -0.15) is 13.2 Å². The maximum Gasteiger partial charge on any atom is 0.406 e. The topological polar surface area (TPSA) is 82.5 Å². The van der Waals surface area contributed by atoms with E-state index >= 15 is 0 Å². The van der Waals surface area contributed by atoms with E-state index in [0.717, 1.165) is 0 Å². The van der Waals surface area contributed by atoms with Crippen molar-refractivity contribution >= 4 is 23.3 Å². The van der Waals surface area contributed by atoms with Crippen LogP contribution in [-0.4, -0.2) is 46.3 Å². The summed E-state index contributed by atoms with van der Waals surface area (Å²) in [5.41, 5.74) is -1.01. The number of thiazole rings is 1. The minimum Gasteiger partial charge on any atom is -0.480 e. The molecule has 1 heterocycles. The van der Waals surface area contributed by atoms with Gasteiger partial charge in [-0.15, -0.1) is 11.3 Å². The van der Waals surface area contributed by atoms with E-state index in [0.29, 0.717) is 5.01 Å². The molecule has 0 aromatic carbocycles. The van der Waals surface area contributed by atoms with Gasteiger partial charge in [-0.1, -0.05) is 0 Å². The van der Waals surface area contributed by atoms with Crippen LogP contribution in [0, 0.1) is 0 Å². The Hall–Kier alpha value is -1.84. The Balaban J connectivity index is 2.83. The molecule has 0 aliphatic heterocycles. The number of carbonyl (C=O) groups excluding carboxylic acids is 1. The van der Waals surface area contributed by atoms with Gasteiger partial charge in [0.15, 0.2) is 0 Å². The highest BCUT2D eigenvalue weighted by Gasteiger charge is 2.36. The first-order valence-electron chi connectivity index (χ1n) is 5.77. The van der Waals surface area contributed by atoms with E-state index in [2.05, 4.69) is 10.3 Å². The highest BCUT2D eigenvalue weighted by molar-refractivity contribution is 7.09. The molecule has 6 nitrogen and oxygen atoms in total. The van der Waals surface area contributed by atoms with Crippen LogP contribution in [0.5, 0.6) is 0 Å². The Morgan fingerprint density at radius 1 is 1.43 bits per heavy atom. The van der Waals surface area contributed by atoms with E-state index in [1.807, 2.05) is 0 Å². The molecule has 2 N–H and O–H groups in total. The van der Waals surface area contributed by atoms with E-state index in [9.17, 15) is 22.8 Å². The summed E-state index contributed by atoms with van der Waals surface area (Å²) in [7, 11) is 0. The summed E-state index contributed by atoms with van der Waals surface area (Å²) < 4.78 is 37.2. The molecule has 1 aromatic heterocycles. The molecule has 0 unspecified atom stereocenters. The Morgan fingerprint density at radius 2 is 2.05 bits per heavy atom. The SMILES string of the molecule is CC(C)(NC(=O)N(CC(=O)O)CC(F)(F)F)c1nccs1. The van der Waals surface area contributed by atoms with Crippen molar-refractivity contribution in [3.63, 3.8) is 0 Å². The number of nitrogens with zero attached hydrogens (tertiary/aromatic N) is 2. The smallest absolute Gasteiger partial charge is 0.406 e. The normalized spacial score (nSPS) is 12.0. The molecule has 1 rings (SSSR count).